The van der Waals surface area contributed by atoms with Gasteiger partial charge in [-0.2, -0.15) is 0 Å². The molecule has 2 unspecified atom stereocenters. The van der Waals surface area contributed by atoms with E-state index < -0.39 is 42.1 Å². The molecular formula is C42H54N6O7S. The van der Waals surface area contributed by atoms with Crippen LogP contribution < -0.4 is 21.3 Å². The van der Waals surface area contributed by atoms with Crippen LogP contribution >= 0.6 is 11.3 Å². The number of hydrogen-bond acceptors (Lipinski definition) is 10. The Balaban J connectivity index is 1.31. The predicted molar refractivity (Wildman–Crippen MR) is 216 cm³/mol. The van der Waals surface area contributed by atoms with Crippen LogP contribution in [0, 0.1) is 12.8 Å². The number of aryl methyl sites for hydroxylation is 1. The second kappa shape index (κ2) is 21.4. The van der Waals surface area contributed by atoms with E-state index in [1.165, 1.54) is 11.3 Å². The van der Waals surface area contributed by atoms with Crippen molar-refractivity contribution in [3.63, 3.8) is 0 Å². The van der Waals surface area contributed by atoms with Gasteiger partial charge in [0.05, 0.1) is 43.0 Å². The van der Waals surface area contributed by atoms with Gasteiger partial charge in [-0.3, -0.25) is 19.3 Å². The average Bonchev–Trinajstić information content (AvgIpc) is 3.60. The molecule has 1 aliphatic rings. The van der Waals surface area contributed by atoms with Gasteiger partial charge in [0.1, 0.15) is 18.7 Å². The SMILES string of the molecule is Cc1ncsc1C[C@H](NC(=O)[C@H](Cc1cccc2ccccc12)NC(=O)OCc1ccccc1)C(=O)NC(CC(C)C)C(O)CC(=O)NCCN1CCOCC1. The van der Waals surface area contributed by atoms with Crippen LogP contribution in [0.4, 0.5) is 4.79 Å². The minimum Gasteiger partial charge on any atom is -0.445 e. The number of nitrogens with zero attached hydrogens (tertiary/aromatic N) is 2. The molecule has 300 valence electrons. The van der Waals surface area contributed by atoms with E-state index in [4.69, 9.17) is 9.47 Å². The Morgan fingerprint density at radius 2 is 1.59 bits per heavy atom. The fraction of sp³-hybridized carbons (Fsp3) is 0.452. The Kier molecular flexibility index (Phi) is 16.2. The van der Waals surface area contributed by atoms with Crippen LogP contribution in [-0.2, 0) is 43.3 Å². The van der Waals surface area contributed by atoms with Crippen LogP contribution in [0.1, 0.15) is 48.4 Å². The summed E-state index contributed by atoms with van der Waals surface area (Å²) in [4.78, 5) is 61.9. The summed E-state index contributed by atoms with van der Waals surface area (Å²) in [5, 5.41) is 24.7. The number of ether oxygens (including phenoxy) is 2. The van der Waals surface area contributed by atoms with Crippen molar-refractivity contribution in [3.05, 3.63) is 100 Å². The number of benzene rings is 3. The maximum atomic E-state index is 14.3. The van der Waals surface area contributed by atoms with Crippen LogP contribution in [0.5, 0.6) is 0 Å². The normalized spacial score (nSPS) is 15.4. The Hall–Kier alpha value is -4.89. The third-order valence-corrected chi connectivity index (χ3v) is 10.7. The molecular weight excluding hydrogens is 733 g/mol. The molecule has 4 aromatic rings. The van der Waals surface area contributed by atoms with E-state index in [1.807, 2.05) is 93.6 Å². The average molecular weight is 787 g/mol. The topological polar surface area (TPSA) is 171 Å². The number of nitrogens with one attached hydrogen (secondary N) is 4. The Morgan fingerprint density at radius 3 is 2.32 bits per heavy atom. The molecule has 5 N–H and O–H groups in total. The first-order valence-electron chi connectivity index (χ1n) is 19.2. The van der Waals surface area contributed by atoms with Crippen LogP contribution in [0.3, 0.4) is 0 Å². The summed E-state index contributed by atoms with van der Waals surface area (Å²) in [6.07, 6.45) is -1.51. The highest BCUT2D eigenvalue weighted by Gasteiger charge is 2.32. The molecule has 0 aliphatic carbocycles. The fourth-order valence-electron chi connectivity index (χ4n) is 6.68. The van der Waals surface area contributed by atoms with E-state index in [2.05, 4.69) is 31.2 Å². The standard InChI is InChI=1S/C42H54N6O7S/c1-28(2)22-34(37(49)25-39(50)43-16-17-48-18-20-54-21-19-48)45-41(52)36(24-38-29(3)44-27-56-38)46-40(51)35(47-42(53)55-26-30-10-5-4-6-11-30)23-32-14-9-13-31-12-7-8-15-33(31)32/h4-15,27-28,34-37,49H,16-26H2,1-3H3,(H,43,50)(H,45,52)(H,46,51)(H,47,53)/t34?,35-,36-,37?/m0/s1. The van der Waals surface area contributed by atoms with Gasteiger partial charge in [-0.05, 0) is 41.2 Å². The van der Waals surface area contributed by atoms with Crippen LogP contribution in [0.25, 0.3) is 10.8 Å². The predicted octanol–water partition coefficient (Wildman–Crippen LogP) is 3.90. The van der Waals surface area contributed by atoms with Crippen molar-refractivity contribution in [2.75, 3.05) is 39.4 Å². The van der Waals surface area contributed by atoms with Gasteiger partial charge in [0.2, 0.25) is 17.7 Å². The van der Waals surface area contributed by atoms with E-state index in [1.54, 1.807) is 5.51 Å². The zero-order valence-corrected chi connectivity index (χ0v) is 33.2. The first kappa shape index (κ1) is 42.3. The second-order valence-electron chi connectivity index (χ2n) is 14.5. The van der Waals surface area contributed by atoms with Crippen molar-refractivity contribution in [2.45, 2.75) is 77.3 Å². The summed E-state index contributed by atoms with van der Waals surface area (Å²) < 4.78 is 10.9. The molecule has 5 rings (SSSR count). The molecule has 3 aromatic carbocycles. The summed E-state index contributed by atoms with van der Waals surface area (Å²) in [6.45, 7) is 9.82. The lowest BCUT2D eigenvalue weighted by atomic mass is 9.96. The Labute approximate surface area is 332 Å². The number of fused-ring (bicyclic) bond motifs is 1. The van der Waals surface area contributed by atoms with Gasteiger partial charge in [0.25, 0.3) is 0 Å². The highest BCUT2D eigenvalue weighted by molar-refractivity contribution is 7.09. The van der Waals surface area contributed by atoms with Gasteiger partial charge in [-0.15, -0.1) is 11.3 Å². The Bertz CT molecular complexity index is 1880. The number of hydrogen-bond donors (Lipinski definition) is 5. The van der Waals surface area contributed by atoms with Crippen LogP contribution in [-0.4, -0.2) is 102 Å². The molecule has 0 radical (unpaired) electrons. The van der Waals surface area contributed by atoms with E-state index in [-0.39, 0.29) is 37.7 Å². The minimum atomic E-state index is -1.17. The van der Waals surface area contributed by atoms with Gasteiger partial charge < -0.3 is 35.8 Å². The minimum absolute atomic E-state index is 0.0103. The number of carbonyl (C=O) groups is 4. The number of aliphatic hydroxyl groups excluding tert-OH is 1. The maximum absolute atomic E-state index is 14.3. The molecule has 14 heteroatoms. The summed E-state index contributed by atoms with van der Waals surface area (Å²) in [5.41, 5.74) is 4.02. The third kappa shape index (κ3) is 13.1. The molecule has 0 bridgehead atoms. The zero-order chi connectivity index (χ0) is 39.9. The lowest BCUT2D eigenvalue weighted by molar-refractivity contribution is -0.131. The molecule has 13 nitrogen and oxygen atoms in total. The summed E-state index contributed by atoms with van der Waals surface area (Å²) in [6, 6.07) is 19.8. The van der Waals surface area contributed by atoms with Crippen molar-refractivity contribution in [1.29, 1.82) is 0 Å². The summed E-state index contributed by atoms with van der Waals surface area (Å²) >= 11 is 1.37. The van der Waals surface area contributed by atoms with Crippen molar-refractivity contribution >= 4 is 45.9 Å². The van der Waals surface area contributed by atoms with E-state index in [9.17, 15) is 24.3 Å². The third-order valence-electron chi connectivity index (χ3n) is 9.76. The number of aromatic nitrogens is 1. The molecule has 4 atom stereocenters. The zero-order valence-electron chi connectivity index (χ0n) is 32.4. The molecule has 1 aliphatic heterocycles. The van der Waals surface area contributed by atoms with Crippen molar-refractivity contribution in [2.24, 2.45) is 5.92 Å². The number of amides is 4. The van der Waals surface area contributed by atoms with Gasteiger partial charge in [-0.25, -0.2) is 9.78 Å². The van der Waals surface area contributed by atoms with Gasteiger partial charge in [0, 0.05) is 43.9 Å². The highest BCUT2D eigenvalue weighted by Crippen LogP contribution is 2.21. The van der Waals surface area contributed by atoms with Crippen molar-refractivity contribution in [3.8, 4) is 0 Å². The molecule has 1 saturated heterocycles. The van der Waals surface area contributed by atoms with Crippen molar-refractivity contribution in [1.82, 2.24) is 31.2 Å². The highest BCUT2D eigenvalue weighted by atomic mass is 32.1. The van der Waals surface area contributed by atoms with Crippen LogP contribution in [0.2, 0.25) is 0 Å². The lowest BCUT2D eigenvalue weighted by Gasteiger charge is -2.29. The largest absolute Gasteiger partial charge is 0.445 e. The number of morpholine rings is 1. The number of thiazole rings is 1. The monoisotopic (exact) mass is 786 g/mol. The van der Waals surface area contributed by atoms with Crippen molar-refractivity contribution < 1.29 is 33.8 Å². The quantitative estimate of drug-likeness (QED) is 0.0947. The molecule has 0 saturated carbocycles. The second-order valence-corrected chi connectivity index (χ2v) is 15.5. The van der Waals surface area contributed by atoms with Crippen LogP contribution in [0.15, 0.2) is 78.3 Å². The number of aliphatic hydroxyl groups is 1. The molecule has 1 fully saturated rings. The lowest BCUT2D eigenvalue weighted by Crippen LogP contribution is -2.57. The number of alkyl carbamates (subject to hydrolysis) is 1. The molecule has 0 spiro atoms. The summed E-state index contributed by atoms with van der Waals surface area (Å²) in [5.74, 6) is -1.36. The van der Waals surface area contributed by atoms with E-state index in [0.717, 1.165) is 45.6 Å². The molecule has 1 aromatic heterocycles. The smallest absolute Gasteiger partial charge is 0.408 e. The first-order valence-corrected chi connectivity index (χ1v) is 20.1. The van der Waals surface area contributed by atoms with Gasteiger partial charge >= 0.3 is 6.09 Å². The van der Waals surface area contributed by atoms with Gasteiger partial charge in [0.15, 0.2) is 0 Å². The molecule has 4 amide bonds. The summed E-state index contributed by atoms with van der Waals surface area (Å²) in [7, 11) is 0. The first-order chi connectivity index (χ1) is 27.0. The Morgan fingerprint density at radius 1 is 0.893 bits per heavy atom. The molecule has 2 heterocycles. The van der Waals surface area contributed by atoms with E-state index >= 15 is 0 Å². The fourth-order valence-corrected chi connectivity index (χ4v) is 7.51. The maximum Gasteiger partial charge on any atom is 0.408 e. The molecule has 56 heavy (non-hydrogen) atoms. The van der Waals surface area contributed by atoms with Gasteiger partial charge in [-0.1, -0.05) is 86.6 Å². The van der Waals surface area contributed by atoms with E-state index in [0.29, 0.717) is 32.7 Å². The number of carbonyl (C=O) groups excluding carboxylic acids is 4. The number of rotatable bonds is 19.